The van der Waals surface area contributed by atoms with Gasteiger partial charge in [0.1, 0.15) is 11.5 Å². The number of carbonyl (C=O) groups is 1. The van der Waals surface area contributed by atoms with Gasteiger partial charge in [-0.05, 0) is 62.2 Å². The lowest BCUT2D eigenvalue weighted by atomic mass is 10.1. The van der Waals surface area contributed by atoms with Gasteiger partial charge in [-0.2, -0.15) is 0 Å². The van der Waals surface area contributed by atoms with Crippen LogP contribution in [0.2, 0.25) is 0 Å². The quantitative estimate of drug-likeness (QED) is 0.811. The highest BCUT2D eigenvalue weighted by Gasteiger charge is 2.26. The van der Waals surface area contributed by atoms with Crippen LogP contribution in [-0.4, -0.2) is 50.2 Å². The van der Waals surface area contributed by atoms with E-state index in [-0.39, 0.29) is 5.91 Å². The number of ether oxygens (including phenoxy) is 2. The minimum atomic E-state index is -0.488. The number of anilines is 1. The molecule has 2 aromatic rings. The number of hydrogen-bond acceptors (Lipinski definition) is 4. The molecule has 1 aliphatic heterocycles. The highest BCUT2D eigenvalue weighted by atomic mass is 16.5. The summed E-state index contributed by atoms with van der Waals surface area (Å²) in [6.45, 7) is 8.88. The fraction of sp³-hybridized carbons (Fsp3) is 0.409. The number of amides is 1. The number of nitrogens with zero attached hydrogens (tertiary/aromatic N) is 2. The first-order valence-electron chi connectivity index (χ1n) is 9.39. The largest absolute Gasteiger partial charge is 0.497 e. The Balaban J connectivity index is 1.56. The maximum atomic E-state index is 12.8. The van der Waals surface area contributed by atoms with Crippen LogP contribution in [0, 0.1) is 13.8 Å². The lowest BCUT2D eigenvalue weighted by molar-refractivity contribution is -0.138. The number of rotatable bonds is 5. The summed E-state index contributed by atoms with van der Waals surface area (Å²) < 4.78 is 11.2. The van der Waals surface area contributed by atoms with Crippen molar-refractivity contribution in [3.8, 4) is 11.5 Å². The van der Waals surface area contributed by atoms with Crippen LogP contribution in [0.25, 0.3) is 0 Å². The minimum Gasteiger partial charge on any atom is -0.497 e. The van der Waals surface area contributed by atoms with E-state index in [4.69, 9.17) is 9.47 Å². The van der Waals surface area contributed by atoms with Crippen LogP contribution >= 0.6 is 0 Å². The molecule has 0 aliphatic carbocycles. The first kappa shape index (κ1) is 19.1. The predicted molar refractivity (Wildman–Crippen MR) is 108 cm³/mol. The van der Waals surface area contributed by atoms with Gasteiger partial charge in [0.05, 0.1) is 7.11 Å². The molecule has 3 rings (SSSR count). The van der Waals surface area contributed by atoms with Crippen LogP contribution in [0.15, 0.2) is 42.5 Å². The van der Waals surface area contributed by atoms with Crippen molar-refractivity contribution >= 4 is 11.6 Å². The molecule has 5 heteroatoms. The molecular formula is C22H28N2O3. The summed E-state index contributed by atoms with van der Waals surface area (Å²) in [4.78, 5) is 17.0. The molecule has 1 amide bonds. The molecule has 1 atom stereocenters. The van der Waals surface area contributed by atoms with Crippen LogP contribution in [0.1, 0.15) is 18.1 Å². The third kappa shape index (κ3) is 4.54. The number of benzene rings is 2. The summed E-state index contributed by atoms with van der Waals surface area (Å²) in [5.74, 6) is 1.68. The Labute approximate surface area is 161 Å². The normalized spacial score (nSPS) is 15.4. The fourth-order valence-corrected chi connectivity index (χ4v) is 3.31. The standard InChI is InChI=1S/C22H28N2O3/c1-16-5-6-17(2)21(15-16)27-18(3)22(25)24-13-11-23(12-14-24)19-7-9-20(26-4)10-8-19/h5-10,15,18H,11-14H2,1-4H3/t18-/m1/s1. The smallest absolute Gasteiger partial charge is 0.263 e. The molecule has 0 aromatic heterocycles. The molecule has 1 aliphatic rings. The average molecular weight is 368 g/mol. The Bertz CT molecular complexity index is 781. The minimum absolute atomic E-state index is 0.0466. The SMILES string of the molecule is COc1ccc(N2CCN(C(=O)[C@@H](C)Oc3cc(C)ccc3C)CC2)cc1. The van der Waals surface area contributed by atoms with Crippen molar-refractivity contribution in [2.45, 2.75) is 26.9 Å². The lowest BCUT2D eigenvalue weighted by Crippen LogP contribution is -2.52. The number of hydrogen-bond donors (Lipinski definition) is 0. The highest BCUT2D eigenvalue weighted by Crippen LogP contribution is 2.23. The average Bonchev–Trinajstić information content (AvgIpc) is 2.70. The zero-order chi connectivity index (χ0) is 19.4. The number of aryl methyl sites for hydroxylation is 2. The molecule has 27 heavy (non-hydrogen) atoms. The summed E-state index contributed by atoms with van der Waals surface area (Å²) in [5, 5.41) is 0. The molecule has 2 aromatic carbocycles. The lowest BCUT2D eigenvalue weighted by Gasteiger charge is -2.37. The van der Waals surface area contributed by atoms with Crippen molar-refractivity contribution < 1.29 is 14.3 Å². The van der Waals surface area contributed by atoms with Gasteiger partial charge in [0.15, 0.2) is 6.10 Å². The van der Waals surface area contributed by atoms with Crippen LogP contribution in [0.4, 0.5) is 5.69 Å². The van der Waals surface area contributed by atoms with Crippen molar-refractivity contribution in [1.82, 2.24) is 4.90 Å². The predicted octanol–water partition coefficient (Wildman–Crippen LogP) is 3.43. The zero-order valence-electron chi connectivity index (χ0n) is 16.6. The molecule has 0 saturated carbocycles. The van der Waals surface area contributed by atoms with Crippen LogP contribution in [-0.2, 0) is 4.79 Å². The maximum absolute atomic E-state index is 12.8. The first-order chi connectivity index (χ1) is 13.0. The van der Waals surface area contributed by atoms with Crippen molar-refractivity contribution in [2.75, 3.05) is 38.2 Å². The van der Waals surface area contributed by atoms with Gasteiger partial charge < -0.3 is 19.3 Å². The second-order valence-electron chi connectivity index (χ2n) is 7.04. The van der Waals surface area contributed by atoms with Crippen LogP contribution in [0.3, 0.4) is 0 Å². The van der Waals surface area contributed by atoms with Crippen molar-refractivity contribution in [3.63, 3.8) is 0 Å². The zero-order valence-corrected chi connectivity index (χ0v) is 16.6. The molecule has 1 fully saturated rings. The third-order valence-corrected chi connectivity index (χ3v) is 5.02. The van der Waals surface area contributed by atoms with E-state index in [2.05, 4.69) is 17.0 Å². The summed E-state index contributed by atoms with van der Waals surface area (Å²) in [6, 6.07) is 14.1. The van der Waals surface area contributed by atoms with E-state index in [9.17, 15) is 4.79 Å². The van der Waals surface area contributed by atoms with E-state index in [1.54, 1.807) is 7.11 Å². The van der Waals surface area contributed by atoms with Gasteiger partial charge >= 0.3 is 0 Å². The van der Waals surface area contributed by atoms with Gasteiger partial charge in [-0.3, -0.25) is 4.79 Å². The number of methoxy groups -OCH3 is 1. The van der Waals surface area contributed by atoms with Gasteiger partial charge in [0.25, 0.3) is 5.91 Å². The Morgan fingerprint density at radius 2 is 1.67 bits per heavy atom. The molecule has 0 unspecified atom stereocenters. The third-order valence-electron chi connectivity index (χ3n) is 5.02. The second-order valence-corrected chi connectivity index (χ2v) is 7.04. The molecule has 0 bridgehead atoms. The van der Waals surface area contributed by atoms with Gasteiger partial charge in [0, 0.05) is 31.9 Å². The summed E-state index contributed by atoms with van der Waals surface area (Å²) >= 11 is 0. The van der Waals surface area contributed by atoms with Crippen molar-refractivity contribution in [2.24, 2.45) is 0 Å². The molecule has 0 radical (unpaired) electrons. The van der Waals surface area contributed by atoms with Gasteiger partial charge in [-0.25, -0.2) is 0 Å². The topological polar surface area (TPSA) is 42.0 Å². The first-order valence-corrected chi connectivity index (χ1v) is 9.39. The molecule has 1 saturated heterocycles. The summed E-state index contributed by atoms with van der Waals surface area (Å²) in [6.07, 6.45) is -0.488. The molecular weight excluding hydrogens is 340 g/mol. The number of carbonyl (C=O) groups excluding carboxylic acids is 1. The Hall–Kier alpha value is -2.69. The van der Waals surface area contributed by atoms with E-state index in [1.165, 1.54) is 0 Å². The van der Waals surface area contributed by atoms with Crippen LogP contribution in [0.5, 0.6) is 11.5 Å². The molecule has 0 N–H and O–H groups in total. The van der Waals surface area contributed by atoms with E-state index in [0.717, 1.165) is 41.4 Å². The van der Waals surface area contributed by atoms with E-state index in [0.29, 0.717) is 13.1 Å². The van der Waals surface area contributed by atoms with Crippen molar-refractivity contribution in [1.29, 1.82) is 0 Å². The number of piperazine rings is 1. The van der Waals surface area contributed by atoms with E-state index < -0.39 is 6.10 Å². The van der Waals surface area contributed by atoms with E-state index in [1.807, 2.05) is 56.0 Å². The van der Waals surface area contributed by atoms with E-state index >= 15 is 0 Å². The van der Waals surface area contributed by atoms with Gasteiger partial charge in [-0.1, -0.05) is 12.1 Å². The second kappa shape index (κ2) is 8.33. The monoisotopic (exact) mass is 368 g/mol. The maximum Gasteiger partial charge on any atom is 0.263 e. The highest BCUT2D eigenvalue weighted by molar-refractivity contribution is 5.81. The van der Waals surface area contributed by atoms with Crippen molar-refractivity contribution in [3.05, 3.63) is 53.6 Å². The Morgan fingerprint density at radius 1 is 1.00 bits per heavy atom. The Kier molecular flexibility index (Phi) is 5.89. The molecule has 1 heterocycles. The van der Waals surface area contributed by atoms with Crippen LogP contribution < -0.4 is 14.4 Å². The molecule has 5 nitrogen and oxygen atoms in total. The molecule has 144 valence electrons. The summed E-state index contributed by atoms with van der Waals surface area (Å²) in [5.41, 5.74) is 3.33. The molecule has 0 spiro atoms. The Morgan fingerprint density at radius 3 is 2.30 bits per heavy atom. The van der Waals surface area contributed by atoms with Gasteiger partial charge in [0.2, 0.25) is 0 Å². The summed E-state index contributed by atoms with van der Waals surface area (Å²) in [7, 11) is 1.67. The fourth-order valence-electron chi connectivity index (χ4n) is 3.31. The van der Waals surface area contributed by atoms with Gasteiger partial charge in [-0.15, -0.1) is 0 Å².